The summed E-state index contributed by atoms with van der Waals surface area (Å²) in [5, 5.41) is 10.8. The summed E-state index contributed by atoms with van der Waals surface area (Å²) in [5.74, 6) is 0. The van der Waals surface area contributed by atoms with E-state index in [0.717, 1.165) is 46.3 Å². The van der Waals surface area contributed by atoms with Crippen molar-refractivity contribution < 1.29 is 9.59 Å². The summed E-state index contributed by atoms with van der Waals surface area (Å²) < 4.78 is 0.949. The maximum absolute atomic E-state index is 13.0. The Hall–Kier alpha value is -3.10. The molecule has 0 unspecified atom stereocenters. The van der Waals surface area contributed by atoms with Crippen LogP contribution in [0.1, 0.15) is 13.8 Å². The third-order valence-electron chi connectivity index (χ3n) is 5.67. The predicted molar refractivity (Wildman–Crippen MR) is 143 cm³/mol. The highest BCUT2D eigenvalue weighted by Gasteiger charge is 2.15. The van der Waals surface area contributed by atoms with Crippen LogP contribution in [0.3, 0.4) is 0 Å². The number of carbonyl (C=O) groups excluding carboxylic acids is 2. The Balaban J connectivity index is 1.57. The average molecular weight is 526 g/mol. The molecule has 0 saturated heterocycles. The van der Waals surface area contributed by atoms with Gasteiger partial charge in [-0.15, -0.1) is 0 Å². The van der Waals surface area contributed by atoms with Crippen molar-refractivity contribution in [3.8, 4) is 0 Å². The first-order valence-electron chi connectivity index (χ1n) is 11.6. The van der Waals surface area contributed by atoms with Crippen LogP contribution in [0.15, 0.2) is 71.2 Å². The number of anilines is 2. The molecule has 0 aliphatic rings. The molecule has 0 saturated carbocycles. The zero-order valence-corrected chi connectivity index (χ0v) is 21.3. The van der Waals surface area contributed by atoms with Crippen molar-refractivity contribution in [3.05, 3.63) is 71.2 Å². The van der Waals surface area contributed by atoms with E-state index < -0.39 is 0 Å². The van der Waals surface area contributed by atoms with Crippen LogP contribution in [0, 0.1) is 0 Å². The second-order valence-corrected chi connectivity index (χ2v) is 8.77. The summed E-state index contributed by atoms with van der Waals surface area (Å²) >= 11 is 3.41. The number of nitrogens with zero attached hydrogens (tertiary/aromatic N) is 2. The van der Waals surface area contributed by atoms with Gasteiger partial charge in [0.05, 0.1) is 5.69 Å². The van der Waals surface area contributed by atoms with Crippen LogP contribution in [0.2, 0.25) is 0 Å². The Morgan fingerprint density at radius 1 is 0.824 bits per heavy atom. The van der Waals surface area contributed by atoms with Crippen LogP contribution in [-0.4, -0.2) is 61.1 Å². The predicted octanol–water partition coefficient (Wildman–Crippen LogP) is 5.60. The second-order valence-electron chi connectivity index (χ2n) is 7.86. The zero-order valence-electron chi connectivity index (χ0n) is 19.7. The highest BCUT2D eigenvalue weighted by atomic mass is 79.9. The molecule has 34 heavy (non-hydrogen) atoms. The fraction of sp³-hybridized carbons (Fsp3) is 0.308. The van der Waals surface area contributed by atoms with Crippen LogP contribution < -0.4 is 16.0 Å². The Bertz CT molecular complexity index is 1080. The summed E-state index contributed by atoms with van der Waals surface area (Å²) in [5.41, 5.74) is 1.48. The number of rotatable bonds is 10. The molecular formula is C26H32BrN5O2. The number of nitrogens with one attached hydrogen (secondary N) is 3. The van der Waals surface area contributed by atoms with Gasteiger partial charge in [-0.1, -0.05) is 66.2 Å². The quantitative estimate of drug-likeness (QED) is 0.322. The Kier molecular flexibility index (Phi) is 9.73. The number of likely N-dealkylation sites (N-methyl/N-ethyl adjacent to an activating group) is 1. The van der Waals surface area contributed by atoms with Crippen molar-refractivity contribution in [1.29, 1.82) is 0 Å². The minimum Gasteiger partial charge on any atom is -0.336 e. The maximum atomic E-state index is 13.0. The van der Waals surface area contributed by atoms with Crippen LogP contribution in [0.5, 0.6) is 0 Å². The van der Waals surface area contributed by atoms with Crippen molar-refractivity contribution in [2.45, 2.75) is 13.8 Å². The van der Waals surface area contributed by atoms with Crippen LogP contribution in [-0.2, 0) is 0 Å². The molecule has 0 aliphatic carbocycles. The van der Waals surface area contributed by atoms with Gasteiger partial charge in [-0.2, -0.15) is 0 Å². The van der Waals surface area contributed by atoms with Gasteiger partial charge >= 0.3 is 12.1 Å². The molecule has 3 aromatic rings. The smallest absolute Gasteiger partial charge is 0.321 e. The Morgan fingerprint density at radius 2 is 1.53 bits per heavy atom. The molecule has 0 spiro atoms. The van der Waals surface area contributed by atoms with Gasteiger partial charge in [0.1, 0.15) is 0 Å². The van der Waals surface area contributed by atoms with E-state index in [2.05, 4.69) is 50.6 Å². The van der Waals surface area contributed by atoms with Crippen LogP contribution in [0.4, 0.5) is 21.0 Å². The lowest BCUT2D eigenvalue weighted by atomic mass is 10.1. The average Bonchev–Trinajstić information content (AvgIpc) is 2.85. The monoisotopic (exact) mass is 525 g/mol. The standard InChI is InChI=1S/C26H32BrN5O2/c1-3-31(4-2)18-19-32(26(34)29-22-14-12-21(27)13-15-22)17-16-28-25(33)30-24-11-7-9-20-8-5-6-10-23(20)24/h5-15H,3-4,16-19H2,1-2H3,(H,29,34)(H2,28,30,33). The molecule has 0 heterocycles. The minimum atomic E-state index is -0.298. The first-order chi connectivity index (χ1) is 16.5. The van der Waals surface area contributed by atoms with Gasteiger partial charge in [0.2, 0.25) is 0 Å². The molecule has 7 nitrogen and oxygen atoms in total. The first kappa shape index (κ1) is 25.5. The zero-order chi connectivity index (χ0) is 24.3. The topological polar surface area (TPSA) is 76.7 Å². The number of amides is 4. The molecule has 180 valence electrons. The highest BCUT2D eigenvalue weighted by Crippen LogP contribution is 2.22. The molecule has 3 rings (SSSR count). The lowest BCUT2D eigenvalue weighted by Gasteiger charge is -2.27. The summed E-state index contributed by atoms with van der Waals surface area (Å²) in [7, 11) is 0. The summed E-state index contributed by atoms with van der Waals surface area (Å²) in [6, 6.07) is 20.7. The third-order valence-corrected chi connectivity index (χ3v) is 6.20. The maximum Gasteiger partial charge on any atom is 0.321 e. The van der Waals surface area contributed by atoms with Gasteiger partial charge in [0, 0.05) is 41.7 Å². The summed E-state index contributed by atoms with van der Waals surface area (Å²) in [4.78, 5) is 29.5. The van der Waals surface area contributed by atoms with E-state index >= 15 is 0 Å². The Morgan fingerprint density at radius 3 is 2.26 bits per heavy atom. The van der Waals surface area contributed by atoms with Gasteiger partial charge in [0.15, 0.2) is 0 Å². The number of hydrogen-bond acceptors (Lipinski definition) is 3. The number of fused-ring (bicyclic) bond motifs is 1. The van der Waals surface area contributed by atoms with E-state index in [0.29, 0.717) is 19.6 Å². The molecule has 4 amide bonds. The second kappa shape index (κ2) is 13.0. The third kappa shape index (κ3) is 7.46. The number of carbonyl (C=O) groups is 2. The van der Waals surface area contributed by atoms with Crippen molar-refractivity contribution in [3.63, 3.8) is 0 Å². The SMILES string of the molecule is CCN(CC)CCN(CCNC(=O)Nc1cccc2ccccc12)C(=O)Nc1ccc(Br)cc1. The molecule has 3 aromatic carbocycles. The molecule has 0 bridgehead atoms. The van der Waals surface area contributed by atoms with Gasteiger partial charge in [0.25, 0.3) is 0 Å². The van der Waals surface area contributed by atoms with E-state index in [1.807, 2.05) is 66.7 Å². The van der Waals surface area contributed by atoms with Crippen molar-refractivity contribution in [2.24, 2.45) is 0 Å². The lowest BCUT2D eigenvalue weighted by molar-refractivity contribution is 0.197. The highest BCUT2D eigenvalue weighted by molar-refractivity contribution is 9.10. The molecule has 0 aromatic heterocycles. The molecule has 3 N–H and O–H groups in total. The van der Waals surface area contributed by atoms with Gasteiger partial charge in [-0.05, 0) is 48.8 Å². The first-order valence-corrected chi connectivity index (χ1v) is 12.4. The van der Waals surface area contributed by atoms with E-state index in [1.54, 1.807) is 4.90 Å². The normalized spacial score (nSPS) is 10.8. The number of hydrogen-bond donors (Lipinski definition) is 3. The summed E-state index contributed by atoms with van der Waals surface area (Å²) in [6.07, 6.45) is 0. The molecular weight excluding hydrogens is 494 g/mol. The number of urea groups is 2. The summed E-state index contributed by atoms with van der Waals surface area (Å²) in [6.45, 7) is 8.12. The van der Waals surface area contributed by atoms with Crippen LogP contribution in [0.25, 0.3) is 10.8 Å². The van der Waals surface area contributed by atoms with E-state index in [4.69, 9.17) is 0 Å². The molecule has 0 fully saturated rings. The minimum absolute atomic E-state index is 0.189. The molecule has 0 radical (unpaired) electrons. The van der Waals surface area contributed by atoms with E-state index in [9.17, 15) is 9.59 Å². The number of halogens is 1. The fourth-order valence-corrected chi connectivity index (χ4v) is 3.92. The Labute approximate surface area is 209 Å². The van der Waals surface area contributed by atoms with E-state index in [1.165, 1.54) is 0 Å². The molecule has 8 heteroatoms. The van der Waals surface area contributed by atoms with Crippen molar-refractivity contribution in [1.82, 2.24) is 15.1 Å². The number of benzene rings is 3. The van der Waals surface area contributed by atoms with Crippen molar-refractivity contribution >= 4 is 50.1 Å². The van der Waals surface area contributed by atoms with Gasteiger partial charge in [-0.3, -0.25) is 0 Å². The van der Waals surface area contributed by atoms with Crippen molar-refractivity contribution in [2.75, 3.05) is 49.9 Å². The fourth-order valence-electron chi connectivity index (χ4n) is 3.66. The van der Waals surface area contributed by atoms with Crippen LogP contribution >= 0.6 is 15.9 Å². The molecule has 0 atom stereocenters. The van der Waals surface area contributed by atoms with Gasteiger partial charge in [-0.25, -0.2) is 9.59 Å². The van der Waals surface area contributed by atoms with E-state index in [-0.39, 0.29) is 12.1 Å². The molecule has 0 aliphatic heterocycles. The van der Waals surface area contributed by atoms with Gasteiger partial charge < -0.3 is 25.8 Å². The largest absolute Gasteiger partial charge is 0.336 e. The lowest BCUT2D eigenvalue weighted by Crippen LogP contribution is -2.45.